The topological polar surface area (TPSA) is 43.3 Å². The molecule has 1 aromatic heterocycles. The van der Waals surface area contributed by atoms with Gasteiger partial charge < -0.3 is 14.6 Å². The molecule has 0 spiro atoms. The third-order valence-electron chi connectivity index (χ3n) is 5.96. The maximum absolute atomic E-state index is 12.8. The van der Waals surface area contributed by atoms with Gasteiger partial charge >= 0.3 is 0 Å². The number of carbonyl (C=O) groups excluding carboxylic acids is 1. The van der Waals surface area contributed by atoms with Crippen LogP contribution >= 0.6 is 0 Å². The van der Waals surface area contributed by atoms with Gasteiger partial charge in [-0.15, -0.1) is 0 Å². The summed E-state index contributed by atoms with van der Waals surface area (Å²) in [6.07, 6.45) is 8.66. The Morgan fingerprint density at radius 3 is 2.71 bits per heavy atom. The molecule has 3 rings (SSSR count). The van der Waals surface area contributed by atoms with E-state index >= 15 is 0 Å². The van der Waals surface area contributed by atoms with Crippen LogP contribution < -0.4 is 10.1 Å². The van der Waals surface area contributed by atoms with E-state index in [9.17, 15) is 4.79 Å². The number of unbranched alkanes of at least 4 members (excludes halogenated alkanes) is 1. The van der Waals surface area contributed by atoms with Crippen molar-refractivity contribution >= 4 is 5.91 Å². The summed E-state index contributed by atoms with van der Waals surface area (Å²) < 4.78 is 7.79. The van der Waals surface area contributed by atoms with Crippen LogP contribution in [0.4, 0.5) is 0 Å². The van der Waals surface area contributed by atoms with Crippen molar-refractivity contribution in [2.45, 2.75) is 65.3 Å². The van der Waals surface area contributed by atoms with Gasteiger partial charge in [0.25, 0.3) is 5.91 Å². The van der Waals surface area contributed by atoms with Crippen LogP contribution in [0.1, 0.15) is 67.9 Å². The summed E-state index contributed by atoms with van der Waals surface area (Å²) in [5.74, 6) is 1.58. The van der Waals surface area contributed by atoms with Crippen molar-refractivity contribution in [3.8, 4) is 17.0 Å². The van der Waals surface area contributed by atoms with Crippen molar-refractivity contribution in [1.82, 2.24) is 9.88 Å². The molecule has 1 heterocycles. The van der Waals surface area contributed by atoms with E-state index in [1.165, 1.54) is 32.1 Å². The van der Waals surface area contributed by atoms with Gasteiger partial charge in [-0.3, -0.25) is 4.79 Å². The lowest BCUT2D eigenvalue weighted by Gasteiger charge is -2.24. The third-order valence-corrected chi connectivity index (χ3v) is 5.96. The van der Waals surface area contributed by atoms with Crippen LogP contribution in [0.15, 0.2) is 30.3 Å². The lowest BCUT2D eigenvalue weighted by atomic mass is 9.89. The highest BCUT2D eigenvalue weighted by Gasteiger charge is 2.22. The number of rotatable bonds is 8. The fourth-order valence-corrected chi connectivity index (χ4v) is 4.23. The summed E-state index contributed by atoms with van der Waals surface area (Å²) in [5, 5.41) is 3.08. The predicted octanol–water partition coefficient (Wildman–Crippen LogP) is 5.58. The third kappa shape index (κ3) is 4.78. The van der Waals surface area contributed by atoms with Crippen molar-refractivity contribution in [3.63, 3.8) is 0 Å². The summed E-state index contributed by atoms with van der Waals surface area (Å²) in [7, 11) is 1.69. The van der Waals surface area contributed by atoms with E-state index in [1.807, 2.05) is 12.1 Å². The predicted molar refractivity (Wildman–Crippen MR) is 115 cm³/mol. The molecule has 0 unspecified atom stereocenters. The van der Waals surface area contributed by atoms with Gasteiger partial charge in [-0.05, 0) is 50.3 Å². The maximum atomic E-state index is 12.8. The van der Waals surface area contributed by atoms with Gasteiger partial charge in [-0.25, -0.2) is 0 Å². The number of nitrogens with one attached hydrogen (secondary N) is 1. The first-order valence-electron chi connectivity index (χ1n) is 10.8. The van der Waals surface area contributed by atoms with E-state index < -0.39 is 0 Å². The Kier molecular flexibility index (Phi) is 7.18. The van der Waals surface area contributed by atoms with E-state index in [0.717, 1.165) is 54.2 Å². The van der Waals surface area contributed by atoms with Crippen LogP contribution in [0.5, 0.6) is 5.75 Å². The number of hydrogen-bond donors (Lipinski definition) is 1. The van der Waals surface area contributed by atoms with Crippen molar-refractivity contribution in [2.75, 3.05) is 13.7 Å². The molecular formula is C24H34N2O2. The van der Waals surface area contributed by atoms with E-state index in [-0.39, 0.29) is 5.91 Å². The minimum absolute atomic E-state index is 0.0393. The second-order valence-corrected chi connectivity index (χ2v) is 7.98. The summed E-state index contributed by atoms with van der Waals surface area (Å²) >= 11 is 0. The first-order chi connectivity index (χ1) is 13.6. The Labute approximate surface area is 169 Å². The summed E-state index contributed by atoms with van der Waals surface area (Å²) in [5.41, 5.74) is 4.08. The fourth-order valence-electron chi connectivity index (χ4n) is 4.23. The fraction of sp³-hybridized carbons (Fsp3) is 0.542. The minimum Gasteiger partial charge on any atom is -0.497 e. The minimum atomic E-state index is 0.0393. The van der Waals surface area contributed by atoms with Gasteiger partial charge in [0.05, 0.1) is 12.7 Å². The first-order valence-corrected chi connectivity index (χ1v) is 10.8. The van der Waals surface area contributed by atoms with E-state index in [2.05, 4.69) is 41.9 Å². The van der Waals surface area contributed by atoms with Gasteiger partial charge in [-0.2, -0.15) is 0 Å². The molecule has 1 fully saturated rings. The number of aromatic nitrogens is 1. The van der Waals surface area contributed by atoms with Crippen LogP contribution in [0.3, 0.4) is 0 Å². The molecule has 0 radical (unpaired) electrons. The zero-order valence-electron chi connectivity index (χ0n) is 17.6. The molecule has 1 aliphatic rings. The summed E-state index contributed by atoms with van der Waals surface area (Å²) in [4.78, 5) is 12.8. The van der Waals surface area contributed by atoms with Crippen molar-refractivity contribution in [3.05, 3.63) is 41.6 Å². The summed E-state index contributed by atoms with van der Waals surface area (Å²) in [6, 6.07) is 10.2. The molecule has 28 heavy (non-hydrogen) atoms. The number of ether oxygens (including phenoxy) is 1. The number of carbonyl (C=O) groups is 1. The van der Waals surface area contributed by atoms with E-state index in [4.69, 9.17) is 4.74 Å². The highest BCUT2D eigenvalue weighted by atomic mass is 16.5. The van der Waals surface area contributed by atoms with Crippen LogP contribution in [0.25, 0.3) is 11.3 Å². The van der Waals surface area contributed by atoms with Gasteiger partial charge in [0, 0.05) is 30.0 Å². The van der Waals surface area contributed by atoms with Gasteiger partial charge in [-0.1, -0.05) is 44.7 Å². The number of methoxy groups -OCH3 is 1. The van der Waals surface area contributed by atoms with Gasteiger partial charge in [0.2, 0.25) is 0 Å². The lowest BCUT2D eigenvalue weighted by Crippen LogP contribution is -2.25. The van der Waals surface area contributed by atoms with Crippen LogP contribution in [-0.4, -0.2) is 24.1 Å². The molecule has 1 N–H and O–H groups in total. The Morgan fingerprint density at radius 1 is 1.21 bits per heavy atom. The number of hydrogen-bond acceptors (Lipinski definition) is 2. The van der Waals surface area contributed by atoms with Crippen molar-refractivity contribution < 1.29 is 9.53 Å². The van der Waals surface area contributed by atoms with Crippen molar-refractivity contribution in [2.24, 2.45) is 5.92 Å². The highest BCUT2D eigenvalue weighted by Crippen LogP contribution is 2.32. The smallest absolute Gasteiger partial charge is 0.253 e. The SMILES string of the molecule is CCCCNC(=O)c1cc(-c2cccc(OC)c2)n(CC2CCCCC2)c1C. The quantitative estimate of drug-likeness (QED) is 0.606. The molecule has 1 saturated carbocycles. The van der Waals surface area contributed by atoms with E-state index in [0.29, 0.717) is 5.92 Å². The van der Waals surface area contributed by atoms with E-state index in [1.54, 1.807) is 7.11 Å². The standard InChI is InChI=1S/C24H34N2O2/c1-4-5-14-25-24(27)22-16-23(20-12-9-13-21(15-20)28-3)26(18(22)2)17-19-10-7-6-8-11-19/h9,12-13,15-16,19H,4-8,10-11,14,17H2,1-3H3,(H,25,27). The number of amides is 1. The monoisotopic (exact) mass is 382 g/mol. The second-order valence-electron chi connectivity index (χ2n) is 7.98. The second kappa shape index (κ2) is 9.81. The van der Waals surface area contributed by atoms with Gasteiger partial charge in [0.1, 0.15) is 5.75 Å². The molecule has 2 aromatic rings. The highest BCUT2D eigenvalue weighted by molar-refractivity contribution is 5.97. The number of benzene rings is 1. The molecule has 0 atom stereocenters. The molecule has 0 aliphatic heterocycles. The molecule has 1 aliphatic carbocycles. The Balaban J connectivity index is 1.94. The van der Waals surface area contributed by atoms with Crippen LogP contribution in [0, 0.1) is 12.8 Å². The first kappa shape index (κ1) is 20.5. The molecule has 0 saturated heterocycles. The lowest BCUT2D eigenvalue weighted by molar-refractivity contribution is 0.0952. The van der Waals surface area contributed by atoms with Gasteiger partial charge in [0.15, 0.2) is 0 Å². The molecule has 0 bridgehead atoms. The largest absolute Gasteiger partial charge is 0.497 e. The average molecular weight is 383 g/mol. The molecular weight excluding hydrogens is 348 g/mol. The zero-order valence-corrected chi connectivity index (χ0v) is 17.6. The maximum Gasteiger partial charge on any atom is 0.253 e. The summed E-state index contributed by atoms with van der Waals surface area (Å²) in [6.45, 7) is 5.94. The molecule has 1 amide bonds. The Morgan fingerprint density at radius 2 is 2.00 bits per heavy atom. The molecule has 152 valence electrons. The van der Waals surface area contributed by atoms with Crippen LogP contribution in [0.2, 0.25) is 0 Å². The Hall–Kier alpha value is -2.23. The van der Waals surface area contributed by atoms with Crippen molar-refractivity contribution in [1.29, 1.82) is 0 Å². The van der Waals surface area contributed by atoms with Crippen LogP contribution in [-0.2, 0) is 6.54 Å². The zero-order chi connectivity index (χ0) is 19.9. The normalized spacial score (nSPS) is 14.8. The molecule has 4 nitrogen and oxygen atoms in total. The number of nitrogens with zero attached hydrogens (tertiary/aromatic N) is 1. The average Bonchev–Trinajstić information content (AvgIpc) is 3.05. The molecule has 1 aromatic carbocycles. The Bertz CT molecular complexity index is 788. The molecule has 4 heteroatoms.